The third-order valence-electron chi connectivity index (χ3n) is 2.63. The molecule has 0 bridgehead atoms. The van der Waals surface area contributed by atoms with Crippen molar-refractivity contribution >= 4 is 12.4 Å². The summed E-state index contributed by atoms with van der Waals surface area (Å²) in [5.41, 5.74) is 2.48. The van der Waals surface area contributed by atoms with Crippen LogP contribution in [-0.4, -0.2) is 18.1 Å². The molecule has 0 aromatic carbocycles. The summed E-state index contributed by atoms with van der Waals surface area (Å²) < 4.78 is 0. The van der Waals surface area contributed by atoms with Gasteiger partial charge in [-0.1, -0.05) is 6.07 Å². The van der Waals surface area contributed by atoms with E-state index in [9.17, 15) is 0 Å². The molecule has 1 aromatic rings. The van der Waals surface area contributed by atoms with Crippen molar-refractivity contribution in [2.75, 3.05) is 13.1 Å². The highest BCUT2D eigenvalue weighted by Gasteiger charge is 2.14. The third-order valence-corrected chi connectivity index (χ3v) is 2.63. The van der Waals surface area contributed by atoms with Crippen molar-refractivity contribution in [3.63, 3.8) is 0 Å². The maximum absolute atomic E-state index is 4.41. The van der Waals surface area contributed by atoms with Crippen molar-refractivity contribution in [2.24, 2.45) is 5.92 Å². The van der Waals surface area contributed by atoms with Gasteiger partial charge in [-0.3, -0.25) is 4.98 Å². The molecule has 3 heteroatoms. The first-order valence-electron chi connectivity index (χ1n) is 4.97. The van der Waals surface area contributed by atoms with E-state index in [1.54, 1.807) is 0 Å². The summed E-state index contributed by atoms with van der Waals surface area (Å²) in [4.78, 5) is 4.41. The number of pyridine rings is 1. The Bertz CT molecular complexity index is 265. The molecular weight excluding hydrogens is 196 g/mol. The number of aromatic nitrogens is 1. The number of rotatable bonds is 2. The minimum atomic E-state index is 0. The van der Waals surface area contributed by atoms with Crippen LogP contribution in [0.1, 0.15) is 17.7 Å². The number of nitrogens with zero attached hydrogens (tertiary/aromatic N) is 1. The van der Waals surface area contributed by atoms with Gasteiger partial charge in [0.25, 0.3) is 0 Å². The first kappa shape index (κ1) is 11.5. The van der Waals surface area contributed by atoms with Gasteiger partial charge in [0.2, 0.25) is 0 Å². The number of hydrogen-bond donors (Lipinski definition) is 1. The zero-order valence-corrected chi connectivity index (χ0v) is 9.31. The van der Waals surface area contributed by atoms with E-state index < -0.39 is 0 Å². The van der Waals surface area contributed by atoms with Crippen molar-refractivity contribution in [1.29, 1.82) is 0 Å². The summed E-state index contributed by atoms with van der Waals surface area (Å²) in [5.74, 6) is 0.801. The van der Waals surface area contributed by atoms with Gasteiger partial charge >= 0.3 is 0 Å². The van der Waals surface area contributed by atoms with E-state index in [1.165, 1.54) is 24.2 Å². The van der Waals surface area contributed by atoms with Crippen LogP contribution >= 0.6 is 12.4 Å². The molecule has 1 aliphatic heterocycles. The lowest BCUT2D eigenvalue weighted by Crippen LogP contribution is -2.11. The second-order valence-corrected chi connectivity index (χ2v) is 3.89. The van der Waals surface area contributed by atoms with Gasteiger partial charge in [0.05, 0.1) is 0 Å². The Morgan fingerprint density at radius 3 is 2.93 bits per heavy atom. The molecule has 1 aliphatic rings. The van der Waals surface area contributed by atoms with Crippen LogP contribution in [0.2, 0.25) is 0 Å². The van der Waals surface area contributed by atoms with E-state index in [4.69, 9.17) is 0 Å². The molecule has 2 rings (SSSR count). The zero-order valence-electron chi connectivity index (χ0n) is 8.49. The molecule has 2 nitrogen and oxygen atoms in total. The number of hydrogen-bond acceptors (Lipinski definition) is 2. The van der Waals surface area contributed by atoms with Gasteiger partial charge in [-0.25, -0.2) is 0 Å². The largest absolute Gasteiger partial charge is 0.316 e. The lowest BCUT2D eigenvalue weighted by molar-refractivity contribution is 0.571. The van der Waals surface area contributed by atoms with Crippen molar-refractivity contribution in [3.8, 4) is 0 Å². The second kappa shape index (κ2) is 5.32. The van der Waals surface area contributed by atoms with Crippen LogP contribution in [0.3, 0.4) is 0 Å². The summed E-state index contributed by atoms with van der Waals surface area (Å²) >= 11 is 0. The molecule has 1 atom stereocenters. The van der Waals surface area contributed by atoms with Crippen LogP contribution in [0.5, 0.6) is 0 Å². The predicted octanol–water partition coefficient (Wildman–Crippen LogP) is 1.96. The molecule has 1 saturated heterocycles. The van der Waals surface area contributed by atoms with Crippen LogP contribution in [-0.2, 0) is 6.42 Å². The zero-order chi connectivity index (χ0) is 9.10. The molecule has 78 valence electrons. The second-order valence-electron chi connectivity index (χ2n) is 3.89. The van der Waals surface area contributed by atoms with Crippen molar-refractivity contribution < 1.29 is 0 Å². The fourth-order valence-electron chi connectivity index (χ4n) is 1.80. The molecule has 0 spiro atoms. The molecule has 2 heterocycles. The lowest BCUT2D eigenvalue weighted by Gasteiger charge is -2.06. The van der Waals surface area contributed by atoms with Gasteiger partial charge in [0.15, 0.2) is 0 Å². The maximum Gasteiger partial charge on any atom is 0.0407 e. The van der Waals surface area contributed by atoms with Crippen LogP contribution in [0.15, 0.2) is 18.3 Å². The average Bonchev–Trinajstić information content (AvgIpc) is 2.62. The molecular formula is C11H17ClN2. The van der Waals surface area contributed by atoms with Crippen LogP contribution in [0.25, 0.3) is 0 Å². The Kier molecular flexibility index (Phi) is 4.36. The Balaban J connectivity index is 0.000000980. The van der Waals surface area contributed by atoms with Crippen LogP contribution in [0, 0.1) is 12.8 Å². The number of nitrogens with one attached hydrogen (secondary N) is 1. The first-order valence-corrected chi connectivity index (χ1v) is 4.97. The fraction of sp³-hybridized carbons (Fsp3) is 0.545. The monoisotopic (exact) mass is 212 g/mol. The lowest BCUT2D eigenvalue weighted by atomic mass is 10.0. The molecule has 0 saturated carbocycles. The average molecular weight is 213 g/mol. The quantitative estimate of drug-likeness (QED) is 0.811. The standard InChI is InChI=1S/C11H16N2.ClH/c1-9-2-3-11(13-7-9)6-10-4-5-12-8-10;/h2-3,7,10,12H,4-6,8H2,1H3;1H/t10-;/m0./s1. The molecule has 1 N–H and O–H groups in total. The Labute approximate surface area is 91.5 Å². The van der Waals surface area contributed by atoms with E-state index >= 15 is 0 Å². The van der Waals surface area contributed by atoms with Gasteiger partial charge < -0.3 is 5.32 Å². The molecule has 0 aliphatic carbocycles. The summed E-state index contributed by atoms with van der Waals surface area (Å²) in [7, 11) is 0. The highest BCUT2D eigenvalue weighted by atomic mass is 35.5. The van der Waals surface area contributed by atoms with Crippen molar-refractivity contribution in [3.05, 3.63) is 29.6 Å². The molecule has 0 radical (unpaired) electrons. The van der Waals surface area contributed by atoms with Gasteiger partial charge in [-0.2, -0.15) is 0 Å². The highest BCUT2D eigenvalue weighted by Crippen LogP contribution is 2.13. The van der Waals surface area contributed by atoms with Gasteiger partial charge in [-0.15, -0.1) is 12.4 Å². The van der Waals surface area contributed by atoms with E-state index in [1.807, 2.05) is 6.20 Å². The summed E-state index contributed by atoms with van der Waals surface area (Å²) in [6, 6.07) is 4.29. The summed E-state index contributed by atoms with van der Waals surface area (Å²) in [6.45, 7) is 4.42. The van der Waals surface area contributed by atoms with E-state index in [0.717, 1.165) is 18.9 Å². The SMILES string of the molecule is Cc1ccc(C[C@@H]2CCNC2)nc1.Cl. The molecule has 1 aromatic heterocycles. The first-order chi connectivity index (χ1) is 6.34. The van der Waals surface area contributed by atoms with Gasteiger partial charge in [-0.05, 0) is 50.4 Å². The van der Waals surface area contributed by atoms with Crippen molar-refractivity contribution in [2.45, 2.75) is 19.8 Å². The van der Waals surface area contributed by atoms with Crippen LogP contribution < -0.4 is 5.32 Å². The van der Waals surface area contributed by atoms with Gasteiger partial charge in [0, 0.05) is 11.9 Å². The molecule has 1 fully saturated rings. The number of halogens is 1. The van der Waals surface area contributed by atoms with E-state index in [-0.39, 0.29) is 12.4 Å². The highest BCUT2D eigenvalue weighted by molar-refractivity contribution is 5.85. The molecule has 0 unspecified atom stereocenters. The van der Waals surface area contributed by atoms with E-state index in [0.29, 0.717) is 0 Å². The Morgan fingerprint density at radius 1 is 1.50 bits per heavy atom. The minimum absolute atomic E-state index is 0. The van der Waals surface area contributed by atoms with E-state index in [2.05, 4.69) is 29.4 Å². The Hall–Kier alpha value is -0.600. The van der Waals surface area contributed by atoms with Gasteiger partial charge in [0.1, 0.15) is 0 Å². The van der Waals surface area contributed by atoms with Crippen LogP contribution in [0.4, 0.5) is 0 Å². The molecule has 0 amide bonds. The molecule has 14 heavy (non-hydrogen) atoms. The smallest absolute Gasteiger partial charge is 0.0407 e. The summed E-state index contributed by atoms with van der Waals surface area (Å²) in [6.07, 6.45) is 4.39. The van der Waals surface area contributed by atoms with Crippen molar-refractivity contribution in [1.82, 2.24) is 10.3 Å². The third kappa shape index (κ3) is 2.96. The predicted molar refractivity (Wildman–Crippen MR) is 60.9 cm³/mol. The number of aryl methyl sites for hydroxylation is 1. The fourth-order valence-corrected chi connectivity index (χ4v) is 1.80. The topological polar surface area (TPSA) is 24.9 Å². The normalized spacial score (nSPS) is 20.5. The minimum Gasteiger partial charge on any atom is -0.316 e. The summed E-state index contributed by atoms with van der Waals surface area (Å²) in [5, 5.41) is 3.38. The Morgan fingerprint density at radius 2 is 2.36 bits per heavy atom. The maximum atomic E-state index is 4.41.